The van der Waals surface area contributed by atoms with E-state index in [9.17, 15) is 13.2 Å². The summed E-state index contributed by atoms with van der Waals surface area (Å²) in [5, 5.41) is -0.686. The van der Waals surface area contributed by atoms with Crippen molar-refractivity contribution in [2.45, 2.75) is 18.2 Å². The molecule has 0 saturated heterocycles. The van der Waals surface area contributed by atoms with Gasteiger partial charge in [-0.1, -0.05) is 13.0 Å². The molecule has 0 aromatic heterocycles. The Hall–Kier alpha value is -0.580. The molecule has 0 aliphatic carbocycles. The molecule has 0 aliphatic rings. The van der Waals surface area contributed by atoms with Crippen molar-refractivity contribution >= 4 is 36.6 Å². The van der Waals surface area contributed by atoms with Crippen LogP contribution in [0.5, 0.6) is 0 Å². The lowest BCUT2D eigenvalue weighted by Gasteiger charge is -2.04. The smallest absolute Gasteiger partial charge is 0.261 e. The molecule has 0 amide bonds. The Balaban J connectivity index is 3.42. The van der Waals surface area contributed by atoms with E-state index in [0.717, 1.165) is 0 Å². The summed E-state index contributed by atoms with van der Waals surface area (Å²) in [4.78, 5) is 10.9. The van der Waals surface area contributed by atoms with Crippen molar-refractivity contribution < 1.29 is 13.2 Å². The second-order valence-electron chi connectivity index (χ2n) is 2.88. The fraction of sp³-hybridized carbons (Fsp3) is 0.222. The van der Waals surface area contributed by atoms with Gasteiger partial charge in [0.2, 0.25) is 0 Å². The van der Waals surface area contributed by atoms with Crippen molar-refractivity contribution in [2.24, 2.45) is 0 Å². The van der Waals surface area contributed by atoms with Gasteiger partial charge in [-0.15, -0.1) is 0 Å². The van der Waals surface area contributed by atoms with Crippen LogP contribution < -0.4 is 0 Å². The Morgan fingerprint density at radius 1 is 1.40 bits per heavy atom. The molecule has 6 heteroatoms. The lowest BCUT2D eigenvalue weighted by atomic mass is 10.1. The quantitative estimate of drug-likeness (QED) is 0.791. The van der Waals surface area contributed by atoms with Gasteiger partial charge >= 0.3 is 0 Å². The summed E-state index contributed by atoms with van der Waals surface area (Å²) < 4.78 is 22.0. The van der Waals surface area contributed by atoms with Gasteiger partial charge < -0.3 is 0 Å². The van der Waals surface area contributed by atoms with Crippen LogP contribution >= 0.6 is 22.3 Å². The topological polar surface area (TPSA) is 51.2 Å². The Kier molecular flexibility index (Phi) is 3.76. The second-order valence-corrected chi connectivity index (χ2v) is 5.79. The molecule has 1 aromatic rings. The van der Waals surface area contributed by atoms with Crippen molar-refractivity contribution in [3.63, 3.8) is 0 Å². The molecular formula is C9H8Cl2O3S. The minimum atomic E-state index is -3.82. The summed E-state index contributed by atoms with van der Waals surface area (Å²) in [5.41, 5.74) is 0.875. The highest BCUT2D eigenvalue weighted by molar-refractivity contribution is 8.13. The van der Waals surface area contributed by atoms with E-state index in [-0.39, 0.29) is 10.5 Å². The number of hydrogen-bond donors (Lipinski definition) is 0. The number of benzene rings is 1. The summed E-state index contributed by atoms with van der Waals surface area (Å²) >= 11 is 5.33. The maximum Gasteiger partial charge on any atom is 0.261 e. The molecule has 82 valence electrons. The van der Waals surface area contributed by atoms with Crippen LogP contribution in [-0.4, -0.2) is 13.7 Å². The van der Waals surface area contributed by atoms with Crippen molar-refractivity contribution in [2.75, 3.05) is 0 Å². The summed E-state index contributed by atoms with van der Waals surface area (Å²) in [7, 11) is 1.33. The third kappa shape index (κ3) is 2.93. The first kappa shape index (κ1) is 12.5. The zero-order valence-corrected chi connectivity index (χ0v) is 10.2. The van der Waals surface area contributed by atoms with E-state index in [0.29, 0.717) is 12.0 Å². The second kappa shape index (κ2) is 4.51. The molecule has 0 atom stereocenters. The highest BCUT2D eigenvalue weighted by Crippen LogP contribution is 2.21. The largest absolute Gasteiger partial charge is 0.276 e. The summed E-state index contributed by atoms with van der Waals surface area (Å²) in [6, 6.07) is 4.08. The minimum absolute atomic E-state index is 0.120. The molecule has 15 heavy (non-hydrogen) atoms. The first-order valence-corrected chi connectivity index (χ1v) is 6.82. The van der Waals surface area contributed by atoms with Crippen LogP contribution in [0.1, 0.15) is 22.8 Å². The third-order valence-corrected chi connectivity index (χ3v) is 3.51. The standard InChI is InChI=1S/C9H8Cl2O3S/c1-2-6-3-4-7(15(11,13)14)5-8(6)9(10)12/h3-5H,2H2,1H3. The van der Waals surface area contributed by atoms with Gasteiger partial charge in [0.15, 0.2) is 0 Å². The Morgan fingerprint density at radius 3 is 2.40 bits per heavy atom. The van der Waals surface area contributed by atoms with Gasteiger partial charge in [-0.3, -0.25) is 4.79 Å². The summed E-state index contributed by atoms with van der Waals surface area (Å²) in [6.45, 7) is 1.84. The van der Waals surface area contributed by atoms with Gasteiger partial charge in [0.05, 0.1) is 4.90 Å². The predicted octanol–water partition coefficient (Wildman–Crippen LogP) is 2.56. The van der Waals surface area contributed by atoms with Crippen LogP contribution in [0.25, 0.3) is 0 Å². The van der Waals surface area contributed by atoms with Crippen LogP contribution in [0.3, 0.4) is 0 Å². The maximum atomic E-state index is 11.0. The van der Waals surface area contributed by atoms with Crippen molar-refractivity contribution in [3.05, 3.63) is 29.3 Å². The molecule has 0 saturated carbocycles. The molecule has 0 bridgehead atoms. The van der Waals surface area contributed by atoms with E-state index in [1.807, 2.05) is 6.92 Å². The van der Waals surface area contributed by atoms with E-state index < -0.39 is 14.3 Å². The van der Waals surface area contributed by atoms with Gasteiger partial charge in [-0.25, -0.2) is 8.42 Å². The van der Waals surface area contributed by atoms with E-state index in [1.165, 1.54) is 18.2 Å². The van der Waals surface area contributed by atoms with Crippen molar-refractivity contribution in [3.8, 4) is 0 Å². The zero-order chi connectivity index (χ0) is 11.6. The van der Waals surface area contributed by atoms with Crippen LogP contribution in [0, 0.1) is 0 Å². The SMILES string of the molecule is CCc1ccc(S(=O)(=O)Cl)cc1C(=O)Cl. The van der Waals surface area contributed by atoms with Crippen LogP contribution in [-0.2, 0) is 15.5 Å². The van der Waals surface area contributed by atoms with Gasteiger partial charge in [-0.2, -0.15) is 0 Å². The van der Waals surface area contributed by atoms with Crippen molar-refractivity contribution in [1.29, 1.82) is 0 Å². The molecule has 1 aromatic carbocycles. The fourth-order valence-electron chi connectivity index (χ4n) is 1.20. The van der Waals surface area contributed by atoms with Crippen molar-refractivity contribution in [1.82, 2.24) is 0 Å². The van der Waals surface area contributed by atoms with Crippen LogP contribution in [0.15, 0.2) is 23.1 Å². The average molecular weight is 267 g/mol. The number of hydrogen-bond acceptors (Lipinski definition) is 3. The lowest BCUT2D eigenvalue weighted by Crippen LogP contribution is -2.00. The summed E-state index contributed by atoms with van der Waals surface area (Å²) in [6.07, 6.45) is 0.594. The first-order chi connectivity index (χ1) is 6.86. The number of carbonyl (C=O) groups excluding carboxylic acids is 1. The van der Waals surface area contributed by atoms with E-state index in [2.05, 4.69) is 0 Å². The van der Waals surface area contributed by atoms with Gasteiger partial charge in [-0.05, 0) is 35.7 Å². The monoisotopic (exact) mass is 266 g/mol. The predicted molar refractivity (Wildman–Crippen MR) is 59.0 cm³/mol. The van der Waals surface area contributed by atoms with E-state index in [4.69, 9.17) is 22.3 Å². The highest BCUT2D eigenvalue weighted by atomic mass is 35.7. The van der Waals surface area contributed by atoms with E-state index >= 15 is 0 Å². The molecule has 0 N–H and O–H groups in total. The highest BCUT2D eigenvalue weighted by Gasteiger charge is 2.15. The number of rotatable bonds is 3. The molecular weight excluding hydrogens is 259 g/mol. The van der Waals surface area contributed by atoms with Gasteiger partial charge in [0.1, 0.15) is 0 Å². The first-order valence-electron chi connectivity index (χ1n) is 4.13. The van der Waals surface area contributed by atoms with Gasteiger partial charge in [0, 0.05) is 16.2 Å². The fourth-order valence-corrected chi connectivity index (χ4v) is 2.15. The number of halogens is 2. The Morgan fingerprint density at radius 2 is 2.00 bits per heavy atom. The van der Waals surface area contributed by atoms with Crippen LogP contribution in [0.4, 0.5) is 0 Å². The average Bonchev–Trinajstić information content (AvgIpc) is 2.15. The number of aryl methyl sites for hydroxylation is 1. The van der Waals surface area contributed by atoms with Crippen LogP contribution in [0.2, 0.25) is 0 Å². The minimum Gasteiger partial charge on any atom is -0.276 e. The third-order valence-electron chi connectivity index (χ3n) is 1.96. The molecule has 0 unspecified atom stereocenters. The maximum absolute atomic E-state index is 11.0. The molecule has 0 radical (unpaired) electrons. The zero-order valence-electron chi connectivity index (χ0n) is 7.83. The number of carbonyl (C=O) groups is 1. The molecule has 0 fully saturated rings. The lowest BCUT2D eigenvalue weighted by molar-refractivity contribution is 0.108. The normalized spacial score (nSPS) is 11.4. The molecule has 0 spiro atoms. The Bertz CT molecular complexity index is 494. The van der Waals surface area contributed by atoms with E-state index in [1.54, 1.807) is 0 Å². The summed E-state index contributed by atoms with van der Waals surface area (Å²) in [5.74, 6) is 0. The Labute approximate surface area is 97.4 Å². The molecule has 3 nitrogen and oxygen atoms in total. The van der Waals surface area contributed by atoms with Gasteiger partial charge in [0.25, 0.3) is 14.3 Å². The molecule has 1 rings (SSSR count). The molecule has 0 heterocycles. The molecule has 0 aliphatic heterocycles.